The van der Waals surface area contributed by atoms with E-state index in [1.54, 1.807) is 12.1 Å². The van der Waals surface area contributed by atoms with E-state index in [-0.39, 0.29) is 11.8 Å². The van der Waals surface area contributed by atoms with Gasteiger partial charge in [-0.15, -0.1) is 0 Å². The Morgan fingerprint density at radius 2 is 1.60 bits per heavy atom. The Bertz CT molecular complexity index is 1030. The first-order chi connectivity index (χ1) is 14.6. The molecule has 4 rings (SSSR count). The van der Waals surface area contributed by atoms with Gasteiger partial charge in [0.1, 0.15) is 6.04 Å². The first-order valence-corrected chi connectivity index (χ1v) is 10.2. The lowest BCUT2D eigenvalue weighted by Gasteiger charge is -2.20. The fourth-order valence-electron chi connectivity index (χ4n) is 3.21. The molecule has 0 aromatic heterocycles. The number of carbonyl (C=O) groups is 2. The molecule has 0 aliphatic heterocycles. The van der Waals surface area contributed by atoms with E-state index in [9.17, 15) is 9.59 Å². The Morgan fingerprint density at radius 1 is 0.867 bits per heavy atom. The number of benzene rings is 3. The zero-order chi connectivity index (χ0) is 20.9. The standard InChI is InChI=1S/C25H25N3O2/c1-17-10-12-20(13-11-17)28-25(30)23(18-6-3-2-4-7-18)26-22-9-5-8-19(16-22)24(29)27-21-14-15-21/h2-13,16,21,23,26H,14-15H2,1H3,(H,27,29)(H,28,30)/t23-/m0/s1. The number of aryl methyl sites for hydroxylation is 1. The van der Waals surface area contributed by atoms with E-state index in [0.717, 1.165) is 29.7 Å². The summed E-state index contributed by atoms with van der Waals surface area (Å²) in [5.41, 5.74) is 4.01. The molecule has 0 spiro atoms. The minimum absolute atomic E-state index is 0.0819. The molecule has 1 fully saturated rings. The van der Waals surface area contributed by atoms with Crippen molar-refractivity contribution in [2.45, 2.75) is 31.8 Å². The molecule has 1 aliphatic carbocycles. The van der Waals surface area contributed by atoms with E-state index < -0.39 is 6.04 Å². The average Bonchev–Trinajstić information content (AvgIpc) is 3.58. The Labute approximate surface area is 176 Å². The summed E-state index contributed by atoms with van der Waals surface area (Å²) in [4.78, 5) is 25.5. The van der Waals surface area contributed by atoms with Crippen molar-refractivity contribution < 1.29 is 9.59 Å². The molecule has 0 unspecified atom stereocenters. The van der Waals surface area contributed by atoms with Crippen molar-refractivity contribution in [2.75, 3.05) is 10.6 Å². The van der Waals surface area contributed by atoms with Gasteiger partial charge in [-0.05, 0) is 55.7 Å². The summed E-state index contributed by atoms with van der Waals surface area (Å²) in [6.45, 7) is 2.01. The molecule has 0 saturated heterocycles. The molecule has 1 saturated carbocycles. The van der Waals surface area contributed by atoms with Gasteiger partial charge in [-0.25, -0.2) is 0 Å². The molecule has 0 bridgehead atoms. The highest BCUT2D eigenvalue weighted by molar-refractivity contribution is 5.98. The molecule has 3 aromatic carbocycles. The highest BCUT2D eigenvalue weighted by Crippen LogP contribution is 2.24. The first-order valence-electron chi connectivity index (χ1n) is 10.2. The predicted molar refractivity (Wildman–Crippen MR) is 120 cm³/mol. The van der Waals surface area contributed by atoms with Crippen LogP contribution < -0.4 is 16.0 Å². The number of nitrogens with one attached hydrogen (secondary N) is 3. The van der Waals surface area contributed by atoms with Gasteiger partial charge in [-0.1, -0.05) is 54.1 Å². The monoisotopic (exact) mass is 399 g/mol. The van der Waals surface area contributed by atoms with Crippen LogP contribution in [0.25, 0.3) is 0 Å². The minimum atomic E-state index is -0.603. The van der Waals surface area contributed by atoms with E-state index >= 15 is 0 Å². The zero-order valence-corrected chi connectivity index (χ0v) is 16.9. The number of carbonyl (C=O) groups excluding carboxylic acids is 2. The van der Waals surface area contributed by atoms with Gasteiger partial charge in [0.05, 0.1) is 0 Å². The Balaban J connectivity index is 1.55. The summed E-state index contributed by atoms with van der Waals surface area (Å²) in [5, 5.41) is 9.27. The molecule has 152 valence electrons. The van der Waals surface area contributed by atoms with Gasteiger partial charge < -0.3 is 16.0 Å². The molecule has 5 heteroatoms. The Morgan fingerprint density at radius 3 is 2.30 bits per heavy atom. The van der Waals surface area contributed by atoms with Crippen molar-refractivity contribution in [3.05, 3.63) is 95.6 Å². The maximum atomic E-state index is 13.1. The Kier molecular flexibility index (Phi) is 5.80. The number of rotatable bonds is 7. The third-order valence-electron chi connectivity index (χ3n) is 5.06. The van der Waals surface area contributed by atoms with Gasteiger partial charge in [-0.3, -0.25) is 9.59 Å². The summed E-state index contributed by atoms with van der Waals surface area (Å²) in [6.07, 6.45) is 2.08. The fourth-order valence-corrected chi connectivity index (χ4v) is 3.21. The zero-order valence-electron chi connectivity index (χ0n) is 16.9. The summed E-state index contributed by atoms with van der Waals surface area (Å²) < 4.78 is 0. The van der Waals surface area contributed by atoms with Gasteiger partial charge >= 0.3 is 0 Å². The van der Waals surface area contributed by atoms with Gasteiger partial charge in [-0.2, -0.15) is 0 Å². The van der Waals surface area contributed by atoms with Crippen LogP contribution in [-0.2, 0) is 4.79 Å². The second-order valence-electron chi connectivity index (χ2n) is 7.67. The quantitative estimate of drug-likeness (QED) is 0.540. The van der Waals surface area contributed by atoms with Crippen molar-refractivity contribution in [3.8, 4) is 0 Å². The SMILES string of the molecule is Cc1ccc(NC(=O)[C@@H](Nc2cccc(C(=O)NC3CC3)c2)c2ccccc2)cc1. The summed E-state index contributed by atoms with van der Waals surface area (Å²) in [7, 11) is 0. The molecule has 0 radical (unpaired) electrons. The number of hydrogen-bond acceptors (Lipinski definition) is 3. The Hall–Kier alpha value is -3.60. The molecule has 30 heavy (non-hydrogen) atoms. The van der Waals surface area contributed by atoms with Crippen LogP contribution in [-0.4, -0.2) is 17.9 Å². The van der Waals surface area contributed by atoms with Crippen molar-refractivity contribution in [1.82, 2.24) is 5.32 Å². The van der Waals surface area contributed by atoms with Crippen LogP contribution in [0.4, 0.5) is 11.4 Å². The highest BCUT2D eigenvalue weighted by atomic mass is 16.2. The van der Waals surface area contributed by atoms with E-state index in [0.29, 0.717) is 17.3 Å². The van der Waals surface area contributed by atoms with E-state index in [1.807, 2.05) is 73.7 Å². The number of amides is 2. The summed E-state index contributed by atoms with van der Waals surface area (Å²) in [5.74, 6) is -0.251. The maximum Gasteiger partial charge on any atom is 0.251 e. The van der Waals surface area contributed by atoms with Crippen LogP contribution in [0.5, 0.6) is 0 Å². The van der Waals surface area contributed by atoms with Gasteiger partial charge in [0, 0.05) is 23.0 Å². The molecular weight excluding hydrogens is 374 g/mol. The minimum Gasteiger partial charge on any atom is -0.370 e. The molecule has 3 aromatic rings. The summed E-state index contributed by atoms with van der Waals surface area (Å²) in [6, 6.07) is 24.2. The molecule has 1 aliphatic rings. The topological polar surface area (TPSA) is 70.2 Å². The lowest BCUT2D eigenvalue weighted by Crippen LogP contribution is -2.28. The van der Waals surface area contributed by atoms with Crippen LogP contribution in [0.2, 0.25) is 0 Å². The van der Waals surface area contributed by atoms with Crippen LogP contribution in [0.3, 0.4) is 0 Å². The van der Waals surface area contributed by atoms with Crippen molar-refractivity contribution in [1.29, 1.82) is 0 Å². The van der Waals surface area contributed by atoms with Crippen molar-refractivity contribution in [2.24, 2.45) is 0 Å². The van der Waals surface area contributed by atoms with E-state index in [2.05, 4.69) is 16.0 Å². The van der Waals surface area contributed by atoms with Crippen LogP contribution in [0.1, 0.15) is 40.4 Å². The largest absolute Gasteiger partial charge is 0.370 e. The highest BCUT2D eigenvalue weighted by Gasteiger charge is 2.24. The maximum absolute atomic E-state index is 13.1. The summed E-state index contributed by atoms with van der Waals surface area (Å²) >= 11 is 0. The lowest BCUT2D eigenvalue weighted by molar-refractivity contribution is -0.117. The van der Waals surface area contributed by atoms with Crippen LogP contribution in [0, 0.1) is 6.92 Å². The molecule has 5 nitrogen and oxygen atoms in total. The first kappa shape index (κ1) is 19.7. The van der Waals surface area contributed by atoms with E-state index in [4.69, 9.17) is 0 Å². The lowest BCUT2D eigenvalue weighted by atomic mass is 10.0. The third-order valence-corrected chi connectivity index (χ3v) is 5.06. The van der Waals surface area contributed by atoms with Gasteiger partial charge in [0.15, 0.2) is 0 Å². The van der Waals surface area contributed by atoms with Crippen LogP contribution in [0.15, 0.2) is 78.9 Å². The molecular formula is C25H25N3O2. The average molecular weight is 399 g/mol. The van der Waals surface area contributed by atoms with Crippen molar-refractivity contribution >= 4 is 23.2 Å². The van der Waals surface area contributed by atoms with E-state index in [1.165, 1.54) is 0 Å². The fraction of sp³-hybridized carbons (Fsp3) is 0.200. The van der Waals surface area contributed by atoms with Crippen molar-refractivity contribution in [3.63, 3.8) is 0 Å². The smallest absolute Gasteiger partial charge is 0.251 e. The molecule has 3 N–H and O–H groups in total. The molecule has 1 atom stereocenters. The second-order valence-corrected chi connectivity index (χ2v) is 7.67. The molecule has 2 amide bonds. The number of anilines is 2. The number of hydrogen-bond donors (Lipinski definition) is 3. The van der Waals surface area contributed by atoms with Gasteiger partial charge in [0.25, 0.3) is 11.8 Å². The second kappa shape index (κ2) is 8.82. The molecule has 0 heterocycles. The van der Waals surface area contributed by atoms with Gasteiger partial charge in [0.2, 0.25) is 0 Å². The third kappa shape index (κ3) is 5.06. The normalized spacial score (nSPS) is 13.9. The predicted octanol–water partition coefficient (Wildman–Crippen LogP) is 4.68. The van der Waals surface area contributed by atoms with Crippen LogP contribution >= 0.6 is 0 Å².